The molecule has 4 rings (SSSR count). The quantitative estimate of drug-likeness (QED) is 0.435. The van der Waals surface area contributed by atoms with E-state index in [2.05, 4.69) is 0 Å². The van der Waals surface area contributed by atoms with Crippen molar-refractivity contribution >= 4 is 44.3 Å². The molecule has 1 heterocycles. The van der Waals surface area contributed by atoms with Crippen LogP contribution in [0.15, 0.2) is 63.8 Å². The monoisotopic (exact) mass is 280 g/mol. The van der Waals surface area contributed by atoms with Crippen molar-refractivity contribution < 1.29 is 4.42 Å². The zero-order chi connectivity index (χ0) is 13.7. The molecule has 3 heteroatoms. The predicted molar refractivity (Wildman–Crippen MR) is 82.5 cm³/mol. The average molecular weight is 281 g/mol. The Morgan fingerprint density at radius 3 is 2.40 bits per heavy atom. The highest BCUT2D eigenvalue weighted by molar-refractivity contribution is 6.34. The minimum absolute atomic E-state index is 0.0468. The third-order valence-corrected chi connectivity index (χ3v) is 3.81. The SMILES string of the molecule is O=c1c2cc3ccccc3cc2oc2c(Cl)cccc12. The lowest BCUT2D eigenvalue weighted by atomic mass is 10.1. The summed E-state index contributed by atoms with van der Waals surface area (Å²) >= 11 is 6.11. The van der Waals surface area contributed by atoms with Gasteiger partial charge in [0.15, 0.2) is 5.58 Å². The first kappa shape index (κ1) is 11.5. The van der Waals surface area contributed by atoms with E-state index in [1.54, 1.807) is 18.2 Å². The summed E-state index contributed by atoms with van der Waals surface area (Å²) in [5.41, 5.74) is 0.964. The minimum atomic E-state index is -0.0468. The molecule has 1 aromatic heterocycles. The average Bonchev–Trinajstić information content (AvgIpc) is 2.47. The summed E-state index contributed by atoms with van der Waals surface area (Å²) < 4.78 is 5.83. The van der Waals surface area contributed by atoms with E-state index < -0.39 is 0 Å². The number of para-hydroxylation sites is 1. The molecule has 0 saturated heterocycles. The molecule has 0 aliphatic heterocycles. The Labute approximate surface area is 119 Å². The number of halogens is 1. The van der Waals surface area contributed by atoms with Crippen LogP contribution in [0.2, 0.25) is 5.02 Å². The van der Waals surface area contributed by atoms with Crippen molar-refractivity contribution in [3.8, 4) is 0 Å². The van der Waals surface area contributed by atoms with E-state index in [1.165, 1.54) is 0 Å². The van der Waals surface area contributed by atoms with Crippen LogP contribution in [0.1, 0.15) is 0 Å². The third-order valence-electron chi connectivity index (χ3n) is 3.52. The van der Waals surface area contributed by atoms with E-state index in [1.807, 2.05) is 36.4 Å². The minimum Gasteiger partial charge on any atom is -0.454 e. The molecule has 3 aromatic carbocycles. The number of rotatable bonds is 0. The molecule has 20 heavy (non-hydrogen) atoms. The topological polar surface area (TPSA) is 30.2 Å². The van der Waals surface area contributed by atoms with Gasteiger partial charge in [-0.1, -0.05) is 41.9 Å². The van der Waals surface area contributed by atoms with Crippen molar-refractivity contribution in [3.05, 3.63) is 69.8 Å². The van der Waals surface area contributed by atoms with Crippen LogP contribution in [-0.4, -0.2) is 0 Å². The number of fused-ring (bicyclic) bond motifs is 3. The molecular formula is C17H9ClO2. The molecule has 0 saturated carbocycles. The number of hydrogen-bond donors (Lipinski definition) is 0. The van der Waals surface area contributed by atoms with Crippen molar-refractivity contribution in [1.82, 2.24) is 0 Å². The maximum Gasteiger partial charge on any atom is 0.200 e. The Morgan fingerprint density at radius 2 is 1.60 bits per heavy atom. The van der Waals surface area contributed by atoms with Crippen LogP contribution in [0, 0.1) is 0 Å². The van der Waals surface area contributed by atoms with Gasteiger partial charge in [-0.05, 0) is 35.0 Å². The summed E-state index contributed by atoms with van der Waals surface area (Å²) in [6.45, 7) is 0. The van der Waals surface area contributed by atoms with Crippen molar-refractivity contribution in [1.29, 1.82) is 0 Å². The van der Waals surface area contributed by atoms with E-state index in [0.29, 0.717) is 27.0 Å². The Morgan fingerprint density at radius 1 is 0.850 bits per heavy atom. The fourth-order valence-electron chi connectivity index (χ4n) is 2.53. The fraction of sp³-hybridized carbons (Fsp3) is 0. The Kier molecular flexibility index (Phi) is 2.35. The molecule has 96 valence electrons. The van der Waals surface area contributed by atoms with Crippen LogP contribution in [0.4, 0.5) is 0 Å². The van der Waals surface area contributed by atoms with Gasteiger partial charge >= 0.3 is 0 Å². The zero-order valence-electron chi connectivity index (χ0n) is 10.4. The molecule has 0 bridgehead atoms. The normalized spacial score (nSPS) is 11.4. The molecule has 2 nitrogen and oxygen atoms in total. The molecule has 0 atom stereocenters. The van der Waals surface area contributed by atoms with Crippen LogP contribution in [0.5, 0.6) is 0 Å². The molecule has 0 aliphatic carbocycles. The predicted octanol–water partition coefficient (Wildman–Crippen LogP) is 4.75. The summed E-state index contributed by atoms with van der Waals surface area (Å²) in [7, 11) is 0. The lowest BCUT2D eigenvalue weighted by molar-refractivity contribution is 0.660. The van der Waals surface area contributed by atoms with E-state index >= 15 is 0 Å². The molecule has 0 unspecified atom stereocenters. The standard InChI is InChI=1S/C17H9ClO2/c18-14-7-3-6-12-16(19)13-8-10-4-1-2-5-11(10)9-15(13)20-17(12)14/h1-9H. The summed E-state index contributed by atoms with van der Waals surface area (Å²) in [6, 6.07) is 16.9. The van der Waals surface area contributed by atoms with Gasteiger partial charge in [-0.3, -0.25) is 4.79 Å². The van der Waals surface area contributed by atoms with Gasteiger partial charge in [-0.25, -0.2) is 0 Å². The first-order valence-corrected chi connectivity index (χ1v) is 6.66. The molecule has 0 aliphatic rings. The van der Waals surface area contributed by atoms with Gasteiger partial charge < -0.3 is 4.42 Å². The van der Waals surface area contributed by atoms with Crippen LogP contribution in [0.3, 0.4) is 0 Å². The largest absolute Gasteiger partial charge is 0.454 e. The highest BCUT2D eigenvalue weighted by Crippen LogP contribution is 2.27. The molecular weight excluding hydrogens is 272 g/mol. The summed E-state index contributed by atoms with van der Waals surface area (Å²) in [5.74, 6) is 0. The van der Waals surface area contributed by atoms with Crippen LogP contribution >= 0.6 is 11.6 Å². The van der Waals surface area contributed by atoms with Gasteiger partial charge in [0, 0.05) is 0 Å². The van der Waals surface area contributed by atoms with Crippen LogP contribution in [0.25, 0.3) is 32.7 Å². The van der Waals surface area contributed by atoms with E-state index in [-0.39, 0.29) is 5.43 Å². The van der Waals surface area contributed by atoms with Crippen molar-refractivity contribution in [2.24, 2.45) is 0 Å². The second-order valence-corrected chi connectivity index (χ2v) is 5.15. The van der Waals surface area contributed by atoms with Gasteiger partial charge in [0.05, 0.1) is 15.8 Å². The highest BCUT2D eigenvalue weighted by atomic mass is 35.5. The van der Waals surface area contributed by atoms with Gasteiger partial charge in [0.25, 0.3) is 0 Å². The van der Waals surface area contributed by atoms with Gasteiger partial charge in [0.1, 0.15) is 5.58 Å². The Bertz CT molecular complexity index is 1030. The maximum atomic E-state index is 12.6. The number of hydrogen-bond acceptors (Lipinski definition) is 2. The van der Waals surface area contributed by atoms with E-state index in [4.69, 9.17) is 16.0 Å². The Balaban J connectivity index is 2.29. The van der Waals surface area contributed by atoms with Crippen molar-refractivity contribution in [3.63, 3.8) is 0 Å². The molecule has 0 radical (unpaired) electrons. The molecule has 0 N–H and O–H groups in total. The smallest absolute Gasteiger partial charge is 0.200 e. The summed E-state index contributed by atoms with van der Waals surface area (Å²) in [6.07, 6.45) is 0. The van der Waals surface area contributed by atoms with Gasteiger partial charge in [0.2, 0.25) is 5.43 Å². The van der Waals surface area contributed by atoms with Crippen molar-refractivity contribution in [2.75, 3.05) is 0 Å². The number of benzene rings is 3. The lowest BCUT2D eigenvalue weighted by Crippen LogP contribution is -2.02. The lowest BCUT2D eigenvalue weighted by Gasteiger charge is -2.04. The van der Waals surface area contributed by atoms with E-state index in [9.17, 15) is 4.79 Å². The maximum absolute atomic E-state index is 12.6. The molecule has 0 amide bonds. The van der Waals surface area contributed by atoms with Gasteiger partial charge in [-0.2, -0.15) is 0 Å². The van der Waals surface area contributed by atoms with Gasteiger partial charge in [-0.15, -0.1) is 0 Å². The van der Waals surface area contributed by atoms with E-state index in [0.717, 1.165) is 10.8 Å². The summed E-state index contributed by atoms with van der Waals surface area (Å²) in [4.78, 5) is 12.6. The third kappa shape index (κ3) is 1.55. The second kappa shape index (κ2) is 4.09. The first-order valence-electron chi connectivity index (χ1n) is 6.28. The zero-order valence-corrected chi connectivity index (χ0v) is 11.1. The fourth-order valence-corrected chi connectivity index (χ4v) is 2.74. The van der Waals surface area contributed by atoms with Crippen LogP contribution < -0.4 is 5.43 Å². The highest BCUT2D eigenvalue weighted by Gasteiger charge is 2.10. The molecule has 0 fully saturated rings. The first-order chi connectivity index (χ1) is 9.74. The second-order valence-electron chi connectivity index (χ2n) is 4.74. The molecule has 4 aromatic rings. The Hall–Kier alpha value is -2.32. The molecule has 0 spiro atoms. The van der Waals surface area contributed by atoms with Crippen molar-refractivity contribution in [2.45, 2.75) is 0 Å². The van der Waals surface area contributed by atoms with Crippen LogP contribution in [-0.2, 0) is 0 Å². The summed E-state index contributed by atoms with van der Waals surface area (Å²) in [5, 5.41) is 3.61.